The lowest BCUT2D eigenvalue weighted by Crippen LogP contribution is -2.47. The Morgan fingerprint density at radius 2 is 2.08 bits per heavy atom. The lowest BCUT2D eigenvalue weighted by molar-refractivity contribution is 0.177. The molecule has 3 aromatic heterocycles. The second kappa shape index (κ2) is 5.48. The predicted octanol–water partition coefficient (Wildman–Crippen LogP) is 1.19. The predicted molar refractivity (Wildman–Crippen MR) is 89.4 cm³/mol. The van der Waals surface area contributed by atoms with Gasteiger partial charge in [-0.1, -0.05) is 5.16 Å². The molecule has 9 nitrogen and oxygen atoms in total. The fourth-order valence-electron chi connectivity index (χ4n) is 3.37. The lowest BCUT2D eigenvalue weighted by atomic mass is 10.1. The average Bonchev–Trinajstić information content (AvgIpc) is 3.15. The molecule has 4 heterocycles. The summed E-state index contributed by atoms with van der Waals surface area (Å²) >= 11 is 0. The monoisotopic (exact) mass is 340 g/mol. The number of aromatic nitrogens is 6. The van der Waals surface area contributed by atoms with Crippen LogP contribution in [0, 0.1) is 6.92 Å². The number of fused-ring (bicyclic) bond motifs is 1. The Morgan fingerprint density at radius 1 is 1.20 bits per heavy atom. The van der Waals surface area contributed by atoms with Gasteiger partial charge < -0.3 is 9.42 Å². The second-order valence-corrected chi connectivity index (χ2v) is 6.94. The van der Waals surface area contributed by atoms with Crippen molar-refractivity contribution in [3.63, 3.8) is 0 Å². The molecule has 1 saturated carbocycles. The first-order valence-electron chi connectivity index (χ1n) is 8.65. The lowest BCUT2D eigenvalue weighted by Gasteiger charge is -2.38. The van der Waals surface area contributed by atoms with Gasteiger partial charge in [0, 0.05) is 37.3 Å². The SMILES string of the molecule is Cc1cc(N2CCN(C)C(c3nc(C4CC4)no3)C2)n2ncnc2n1. The molecule has 1 aliphatic heterocycles. The van der Waals surface area contributed by atoms with E-state index >= 15 is 0 Å². The maximum Gasteiger partial charge on any atom is 0.254 e. The van der Waals surface area contributed by atoms with E-state index in [4.69, 9.17) is 4.52 Å². The number of aryl methyl sites for hydroxylation is 1. The van der Waals surface area contributed by atoms with Gasteiger partial charge in [-0.15, -0.1) is 0 Å². The van der Waals surface area contributed by atoms with Crippen LogP contribution < -0.4 is 4.90 Å². The standard InChI is InChI=1S/C16H20N8O/c1-10-7-13(24-16(19-10)17-9-18-24)23-6-5-22(2)12(8-23)15-20-14(21-25-15)11-3-4-11/h7,9,11-12H,3-6,8H2,1-2H3. The molecule has 25 heavy (non-hydrogen) atoms. The van der Waals surface area contributed by atoms with E-state index in [2.05, 4.69) is 42.1 Å². The molecular formula is C16H20N8O. The molecule has 2 fully saturated rings. The van der Waals surface area contributed by atoms with E-state index < -0.39 is 0 Å². The van der Waals surface area contributed by atoms with Crippen molar-refractivity contribution in [2.24, 2.45) is 0 Å². The third kappa shape index (κ3) is 2.55. The number of rotatable bonds is 3. The normalized spacial score (nSPS) is 22.0. The molecule has 1 unspecified atom stereocenters. The maximum absolute atomic E-state index is 5.58. The minimum Gasteiger partial charge on any atom is -0.353 e. The van der Waals surface area contributed by atoms with Crippen molar-refractivity contribution in [1.82, 2.24) is 34.6 Å². The fourth-order valence-corrected chi connectivity index (χ4v) is 3.37. The van der Waals surface area contributed by atoms with Crippen LogP contribution in [0.25, 0.3) is 5.78 Å². The van der Waals surface area contributed by atoms with Gasteiger partial charge in [-0.2, -0.15) is 19.6 Å². The number of nitrogens with zero attached hydrogens (tertiary/aromatic N) is 8. The molecule has 1 atom stereocenters. The Labute approximate surface area is 144 Å². The molecule has 0 radical (unpaired) electrons. The Kier molecular flexibility index (Phi) is 3.24. The van der Waals surface area contributed by atoms with Gasteiger partial charge in [0.15, 0.2) is 5.82 Å². The number of piperazine rings is 1. The van der Waals surface area contributed by atoms with Gasteiger partial charge in [0.2, 0.25) is 5.89 Å². The van der Waals surface area contributed by atoms with Crippen LogP contribution in [-0.4, -0.2) is 61.3 Å². The minimum absolute atomic E-state index is 0.0702. The summed E-state index contributed by atoms with van der Waals surface area (Å²) in [5, 5.41) is 8.50. The average molecular weight is 340 g/mol. The molecule has 5 rings (SSSR count). The van der Waals surface area contributed by atoms with E-state index in [1.165, 1.54) is 12.8 Å². The third-order valence-electron chi connectivity index (χ3n) is 5.02. The first kappa shape index (κ1) is 14.8. The summed E-state index contributed by atoms with van der Waals surface area (Å²) in [6.45, 7) is 4.55. The Balaban J connectivity index is 1.47. The van der Waals surface area contributed by atoms with Gasteiger partial charge in [-0.25, -0.2) is 4.98 Å². The van der Waals surface area contributed by atoms with Crippen LogP contribution in [0.4, 0.5) is 5.82 Å². The zero-order valence-electron chi connectivity index (χ0n) is 14.3. The molecule has 1 saturated heterocycles. The van der Waals surface area contributed by atoms with E-state index in [1.807, 2.05) is 13.0 Å². The molecule has 1 aliphatic carbocycles. The van der Waals surface area contributed by atoms with Gasteiger partial charge >= 0.3 is 0 Å². The van der Waals surface area contributed by atoms with Crippen LogP contribution in [-0.2, 0) is 0 Å². The molecular weight excluding hydrogens is 320 g/mol. The van der Waals surface area contributed by atoms with Gasteiger partial charge in [-0.05, 0) is 26.8 Å². The molecule has 0 spiro atoms. The van der Waals surface area contributed by atoms with Crippen LogP contribution in [0.5, 0.6) is 0 Å². The molecule has 9 heteroatoms. The van der Waals surface area contributed by atoms with E-state index in [1.54, 1.807) is 10.8 Å². The van der Waals surface area contributed by atoms with Crippen molar-refractivity contribution < 1.29 is 4.52 Å². The van der Waals surface area contributed by atoms with Crippen molar-refractivity contribution in [3.8, 4) is 0 Å². The minimum atomic E-state index is 0.0702. The number of hydrogen-bond acceptors (Lipinski definition) is 8. The van der Waals surface area contributed by atoms with E-state index in [9.17, 15) is 0 Å². The van der Waals surface area contributed by atoms with Crippen molar-refractivity contribution in [2.45, 2.75) is 31.7 Å². The third-order valence-corrected chi connectivity index (χ3v) is 5.02. The molecule has 0 aromatic carbocycles. The Hall–Kier alpha value is -2.55. The molecule has 3 aromatic rings. The van der Waals surface area contributed by atoms with Crippen molar-refractivity contribution in [1.29, 1.82) is 0 Å². The first-order chi connectivity index (χ1) is 12.2. The maximum atomic E-state index is 5.58. The second-order valence-electron chi connectivity index (χ2n) is 6.94. The molecule has 0 amide bonds. The summed E-state index contributed by atoms with van der Waals surface area (Å²) in [5.74, 6) is 3.69. The summed E-state index contributed by atoms with van der Waals surface area (Å²) in [6, 6.07) is 2.12. The van der Waals surface area contributed by atoms with Gasteiger partial charge in [0.25, 0.3) is 5.78 Å². The summed E-state index contributed by atoms with van der Waals surface area (Å²) in [7, 11) is 2.10. The summed E-state index contributed by atoms with van der Waals surface area (Å²) < 4.78 is 7.37. The van der Waals surface area contributed by atoms with E-state index in [-0.39, 0.29) is 6.04 Å². The molecule has 0 bridgehead atoms. The zero-order valence-corrected chi connectivity index (χ0v) is 14.3. The summed E-state index contributed by atoms with van der Waals surface area (Å²) in [5.41, 5.74) is 0.930. The highest BCUT2D eigenvalue weighted by molar-refractivity contribution is 5.47. The molecule has 130 valence electrons. The van der Waals surface area contributed by atoms with E-state index in [0.29, 0.717) is 17.6 Å². The van der Waals surface area contributed by atoms with Crippen LogP contribution in [0.15, 0.2) is 16.9 Å². The van der Waals surface area contributed by atoms with Crippen molar-refractivity contribution in [3.05, 3.63) is 29.8 Å². The van der Waals surface area contributed by atoms with Crippen LogP contribution in [0.2, 0.25) is 0 Å². The Bertz CT molecular complexity index is 914. The van der Waals surface area contributed by atoms with Crippen LogP contribution in [0.1, 0.15) is 42.2 Å². The fraction of sp³-hybridized carbons (Fsp3) is 0.562. The summed E-state index contributed by atoms with van der Waals surface area (Å²) in [6.07, 6.45) is 3.89. The van der Waals surface area contributed by atoms with Crippen molar-refractivity contribution in [2.75, 3.05) is 31.6 Å². The molecule has 2 aliphatic rings. The topological polar surface area (TPSA) is 88.5 Å². The smallest absolute Gasteiger partial charge is 0.254 e. The van der Waals surface area contributed by atoms with Gasteiger partial charge in [0.05, 0.1) is 0 Å². The van der Waals surface area contributed by atoms with Crippen LogP contribution >= 0.6 is 0 Å². The highest BCUT2D eigenvalue weighted by atomic mass is 16.5. The number of likely N-dealkylation sites (N-methyl/N-ethyl adjacent to an activating group) is 1. The quantitative estimate of drug-likeness (QED) is 0.702. The van der Waals surface area contributed by atoms with Gasteiger partial charge in [-0.3, -0.25) is 4.90 Å². The first-order valence-corrected chi connectivity index (χ1v) is 8.65. The van der Waals surface area contributed by atoms with Crippen LogP contribution in [0.3, 0.4) is 0 Å². The van der Waals surface area contributed by atoms with Crippen molar-refractivity contribution >= 4 is 11.6 Å². The highest BCUT2D eigenvalue weighted by Gasteiger charge is 2.34. The molecule has 0 N–H and O–H groups in total. The Morgan fingerprint density at radius 3 is 2.92 bits per heavy atom. The van der Waals surface area contributed by atoms with Gasteiger partial charge in [0.1, 0.15) is 18.2 Å². The van der Waals surface area contributed by atoms with E-state index in [0.717, 1.165) is 37.0 Å². The number of anilines is 1. The number of hydrogen-bond donors (Lipinski definition) is 0. The largest absolute Gasteiger partial charge is 0.353 e. The summed E-state index contributed by atoms with van der Waals surface area (Å²) in [4.78, 5) is 17.9. The highest BCUT2D eigenvalue weighted by Crippen LogP contribution is 2.39. The zero-order chi connectivity index (χ0) is 17.0.